The lowest BCUT2D eigenvalue weighted by Gasteiger charge is -2.33. The van der Waals surface area contributed by atoms with Gasteiger partial charge in [0.05, 0.1) is 5.69 Å². The number of hydrogen-bond acceptors (Lipinski definition) is 5. The Labute approximate surface area is 159 Å². The van der Waals surface area contributed by atoms with Gasteiger partial charge in [-0.3, -0.25) is 9.59 Å². The summed E-state index contributed by atoms with van der Waals surface area (Å²) < 4.78 is 0. The van der Waals surface area contributed by atoms with E-state index in [1.165, 1.54) is 0 Å². The van der Waals surface area contributed by atoms with E-state index in [0.29, 0.717) is 31.2 Å². The predicted molar refractivity (Wildman–Crippen MR) is 102 cm³/mol. The van der Waals surface area contributed by atoms with Gasteiger partial charge in [-0.1, -0.05) is 12.2 Å². The second kappa shape index (κ2) is 7.66. The molecule has 27 heavy (non-hydrogen) atoms. The van der Waals surface area contributed by atoms with Crippen LogP contribution in [0, 0.1) is 5.92 Å². The number of allylic oxidation sites excluding steroid dienone is 2. The van der Waals surface area contributed by atoms with Gasteiger partial charge in [0, 0.05) is 51.1 Å². The molecule has 1 N–H and O–H groups in total. The van der Waals surface area contributed by atoms with Crippen molar-refractivity contribution in [3.05, 3.63) is 29.1 Å². The predicted octanol–water partition coefficient (Wildman–Crippen LogP) is 2.00. The number of aromatic nitrogens is 2. The van der Waals surface area contributed by atoms with Crippen molar-refractivity contribution in [2.75, 3.05) is 32.0 Å². The van der Waals surface area contributed by atoms with Crippen LogP contribution in [0.15, 0.2) is 12.2 Å². The molecule has 1 aromatic rings. The molecule has 2 aliphatic heterocycles. The third-order valence-electron chi connectivity index (χ3n) is 5.81. The molecule has 144 valence electrons. The van der Waals surface area contributed by atoms with Crippen LogP contribution in [0.5, 0.6) is 0 Å². The third-order valence-corrected chi connectivity index (χ3v) is 5.81. The average molecular weight is 369 g/mol. The number of carbonyl (C=O) groups excluding carboxylic acids is 2. The zero-order chi connectivity index (χ0) is 18.8. The smallest absolute Gasteiger partial charge is 0.273 e. The molecule has 7 heteroatoms. The van der Waals surface area contributed by atoms with Gasteiger partial charge in [0.1, 0.15) is 5.69 Å². The van der Waals surface area contributed by atoms with Gasteiger partial charge in [-0.25, -0.2) is 9.97 Å². The number of carbonyl (C=O) groups is 2. The van der Waals surface area contributed by atoms with Crippen molar-refractivity contribution < 1.29 is 9.59 Å². The quantitative estimate of drug-likeness (QED) is 0.825. The van der Waals surface area contributed by atoms with Crippen LogP contribution in [0.1, 0.15) is 53.8 Å². The van der Waals surface area contributed by atoms with Crippen molar-refractivity contribution >= 4 is 17.8 Å². The molecule has 1 unspecified atom stereocenters. The van der Waals surface area contributed by atoms with Gasteiger partial charge in [-0.2, -0.15) is 0 Å². The Kier molecular flexibility index (Phi) is 5.09. The first-order chi connectivity index (χ1) is 13.2. The summed E-state index contributed by atoms with van der Waals surface area (Å²) in [5, 5.41) is 2.97. The number of likely N-dealkylation sites (tertiary alicyclic amines) is 1. The van der Waals surface area contributed by atoms with E-state index in [1.807, 2.05) is 9.80 Å². The molecule has 2 amide bonds. The number of hydrogen-bond donors (Lipinski definition) is 1. The lowest BCUT2D eigenvalue weighted by molar-refractivity contribution is -0.136. The Morgan fingerprint density at radius 3 is 2.63 bits per heavy atom. The van der Waals surface area contributed by atoms with Crippen molar-refractivity contribution in [3.8, 4) is 0 Å². The molecule has 1 aliphatic carbocycles. The van der Waals surface area contributed by atoms with E-state index >= 15 is 0 Å². The zero-order valence-corrected chi connectivity index (χ0v) is 15.9. The fourth-order valence-corrected chi connectivity index (χ4v) is 4.24. The van der Waals surface area contributed by atoms with Gasteiger partial charge in [0.25, 0.3) is 5.91 Å². The van der Waals surface area contributed by atoms with Crippen molar-refractivity contribution in [3.63, 3.8) is 0 Å². The summed E-state index contributed by atoms with van der Waals surface area (Å²) >= 11 is 0. The minimum atomic E-state index is -0.0300. The SMILES string of the molecule is CNc1nc2c(c(C(=O)N3CCCC3)n1)CN(C(=O)C1CC=CCC1)CC2. The standard InChI is InChI=1S/C20H27N5O2/c1-21-20-22-16-9-12-25(18(26)14-7-3-2-4-8-14)13-15(16)17(23-20)19(27)24-10-5-6-11-24/h2-3,14H,4-13H2,1H3,(H,21,22,23). The largest absolute Gasteiger partial charge is 0.357 e. The zero-order valence-electron chi connectivity index (χ0n) is 15.9. The number of nitrogens with zero attached hydrogens (tertiary/aromatic N) is 4. The maximum absolute atomic E-state index is 13.1. The van der Waals surface area contributed by atoms with Crippen LogP contribution >= 0.6 is 0 Å². The molecule has 1 saturated heterocycles. The van der Waals surface area contributed by atoms with Crippen LogP contribution in [0.25, 0.3) is 0 Å². The molecular formula is C20H27N5O2. The average Bonchev–Trinajstić information content (AvgIpc) is 3.27. The van der Waals surface area contributed by atoms with E-state index in [9.17, 15) is 9.59 Å². The Balaban J connectivity index is 1.61. The Morgan fingerprint density at radius 2 is 1.93 bits per heavy atom. The van der Waals surface area contributed by atoms with Gasteiger partial charge in [0.2, 0.25) is 11.9 Å². The van der Waals surface area contributed by atoms with Gasteiger partial charge in [-0.15, -0.1) is 0 Å². The molecule has 1 atom stereocenters. The van der Waals surface area contributed by atoms with E-state index in [1.54, 1.807) is 7.05 Å². The molecule has 1 aromatic heterocycles. The summed E-state index contributed by atoms with van der Waals surface area (Å²) in [5.74, 6) is 0.708. The molecule has 3 heterocycles. The van der Waals surface area contributed by atoms with Gasteiger partial charge < -0.3 is 15.1 Å². The molecule has 3 aliphatic rings. The molecular weight excluding hydrogens is 342 g/mol. The minimum absolute atomic E-state index is 0.0300. The van der Waals surface area contributed by atoms with Crippen LogP contribution in [0.4, 0.5) is 5.95 Å². The van der Waals surface area contributed by atoms with Gasteiger partial charge in [-0.05, 0) is 32.1 Å². The minimum Gasteiger partial charge on any atom is -0.357 e. The fraction of sp³-hybridized carbons (Fsp3) is 0.600. The monoisotopic (exact) mass is 369 g/mol. The number of rotatable bonds is 3. The van der Waals surface area contributed by atoms with Crippen LogP contribution in [-0.4, -0.2) is 58.3 Å². The summed E-state index contributed by atoms with van der Waals surface area (Å²) in [6.07, 6.45) is 9.69. The van der Waals surface area contributed by atoms with E-state index < -0.39 is 0 Å². The molecule has 0 bridgehead atoms. The van der Waals surface area contributed by atoms with Crippen molar-refractivity contribution in [2.24, 2.45) is 5.92 Å². The summed E-state index contributed by atoms with van der Waals surface area (Å²) in [6, 6.07) is 0. The van der Waals surface area contributed by atoms with Crippen LogP contribution in [0.3, 0.4) is 0 Å². The van der Waals surface area contributed by atoms with Crippen LogP contribution in [0.2, 0.25) is 0 Å². The van der Waals surface area contributed by atoms with Crippen molar-refractivity contribution in [1.29, 1.82) is 0 Å². The normalized spacial score (nSPS) is 21.9. The lowest BCUT2D eigenvalue weighted by Crippen LogP contribution is -2.42. The van der Waals surface area contributed by atoms with Crippen LogP contribution in [-0.2, 0) is 17.8 Å². The molecule has 0 aromatic carbocycles. The van der Waals surface area contributed by atoms with E-state index in [-0.39, 0.29) is 17.7 Å². The molecule has 0 spiro atoms. The van der Waals surface area contributed by atoms with Gasteiger partial charge >= 0.3 is 0 Å². The molecule has 0 saturated carbocycles. The number of amides is 2. The number of fused-ring (bicyclic) bond motifs is 1. The second-order valence-electron chi connectivity index (χ2n) is 7.56. The van der Waals surface area contributed by atoms with Gasteiger partial charge in [0.15, 0.2) is 0 Å². The molecule has 0 radical (unpaired) electrons. The lowest BCUT2D eigenvalue weighted by atomic mass is 9.92. The number of nitrogens with one attached hydrogen (secondary N) is 1. The highest BCUT2D eigenvalue weighted by molar-refractivity contribution is 5.94. The second-order valence-corrected chi connectivity index (χ2v) is 7.56. The first-order valence-corrected chi connectivity index (χ1v) is 9.98. The van der Waals surface area contributed by atoms with E-state index in [0.717, 1.165) is 56.5 Å². The maximum atomic E-state index is 13.1. The first-order valence-electron chi connectivity index (χ1n) is 9.98. The summed E-state index contributed by atoms with van der Waals surface area (Å²) in [6.45, 7) is 2.66. The highest BCUT2D eigenvalue weighted by atomic mass is 16.2. The Morgan fingerprint density at radius 1 is 1.11 bits per heavy atom. The van der Waals surface area contributed by atoms with Crippen molar-refractivity contribution in [1.82, 2.24) is 19.8 Å². The third kappa shape index (κ3) is 3.55. The fourth-order valence-electron chi connectivity index (χ4n) is 4.24. The van der Waals surface area contributed by atoms with E-state index in [2.05, 4.69) is 27.4 Å². The topological polar surface area (TPSA) is 78.4 Å². The Bertz CT molecular complexity index is 770. The highest BCUT2D eigenvalue weighted by Crippen LogP contribution is 2.27. The summed E-state index contributed by atoms with van der Waals surface area (Å²) in [7, 11) is 1.76. The number of anilines is 1. The van der Waals surface area contributed by atoms with E-state index in [4.69, 9.17) is 0 Å². The summed E-state index contributed by atoms with van der Waals surface area (Å²) in [4.78, 5) is 38.9. The molecule has 4 rings (SSSR count). The van der Waals surface area contributed by atoms with Crippen LogP contribution < -0.4 is 5.32 Å². The molecule has 7 nitrogen and oxygen atoms in total. The molecule has 1 fully saturated rings. The maximum Gasteiger partial charge on any atom is 0.273 e. The summed E-state index contributed by atoms with van der Waals surface area (Å²) in [5.41, 5.74) is 2.19. The first kappa shape index (κ1) is 17.9. The highest BCUT2D eigenvalue weighted by Gasteiger charge is 2.32. The van der Waals surface area contributed by atoms with Crippen molar-refractivity contribution in [2.45, 2.75) is 45.1 Å². The Hall–Kier alpha value is -2.44.